The fourth-order valence-corrected chi connectivity index (χ4v) is 2.47. The third-order valence-corrected chi connectivity index (χ3v) is 3.26. The second-order valence-electron chi connectivity index (χ2n) is 3.10. The zero-order chi connectivity index (χ0) is 10.1. The lowest BCUT2D eigenvalue weighted by Crippen LogP contribution is -2.50. The summed E-state index contributed by atoms with van der Waals surface area (Å²) < 4.78 is 23.5. The molecule has 0 aliphatic carbocycles. The molecule has 1 amide bonds. The largest absolute Gasteiger partial charge is 0.368 e. The molecule has 5 nitrogen and oxygen atoms in total. The van der Waals surface area contributed by atoms with Crippen molar-refractivity contribution in [3.8, 4) is 0 Å². The highest BCUT2D eigenvalue weighted by molar-refractivity contribution is 7.88. The van der Waals surface area contributed by atoms with Crippen molar-refractivity contribution >= 4 is 15.9 Å². The van der Waals surface area contributed by atoms with Gasteiger partial charge in [-0.15, -0.1) is 0 Å². The predicted octanol–water partition coefficient (Wildman–Crippen LogP) is -0.900. The fourth-order valence-electron chi connectivity index (χ4n) is 1.41. The summed E-state index contributed by atoms with van der Waals surface area (Å²) in [6.07, 6.45) is 4.21. The first kappa shape index (κ1) is 10.5. The van der Waals surface area contributed by atoms with Crippen LogP contribution in [-0.4, -0.2) is 37.5 Å². The molecule has 1 saturated heterocycles. The van der Waals surface area contributed by atoms with Crippen LogP contribution in [0.15, 0.2) is 0 Å². The molecule has 1 aliphatic rings. The number of nitrogens with two attached hydrogens (primary N) is 1. The lowest BCUT2D eigenvalue weighted by Gasteiger charge is -2.30. The predicted molar refractivity (Wildman–Crippen MR) is 48.1 cm³/mol. The molecule has 0 bridgehead atoms. The number of piperidine rings is 1. The van der Waals surface area contributed by atoms with Crippen LogP contribution in [0.1, 0.15) is 12.8 Å². The van der Waals surface area contributed by atoms with E-state index in [0.717, 1.165) is 23.4 Å². The maximum absolute atomic E-state index is 11.2. The summed E-state index contributed by atoms with van der Waals surface area (Å²) in [6.45, 7) is 0.378. The van der Waals surface area contributed by atoms with E-state index in [0.29, 0.717) is 6.54 Å². The minimum absolute atomic E-state index is 0.378. The number of hydrogen-bond acceptors (Lipinski definition) is 3. The Morgan fingerprint density at radius 3 is 2.62 bits per heavy atom. The Balaban J connectivity index is 2.86. The van der Waals surface area contributed by atoms with Gasteiger partial charge in [0, 0.05) is 6.54 Å². The van der Waals surface area contributed by atoms with Crippen LogP contribution >= 0.6 is 0 Å². The van der Waals surface area contributed by atoms with Crippen LogP contribution < -0.4 is 5.73 Å². The maximum atomic E-state index is 11.2. The lowest BCUT2D eigenvalue weighted by molar-refractivity contribution is -0.121. The zero-order valence-corrected chi connectivity index (χ0v) is 8.25. The number of primary amides is 1. The molecule has 0 spiro atoms. The molecule has 1 fully saturated rings. The molecular weight excluding hydrogens is 192 g/mol. The number of hydrogen-bond donors (Lipinski definition) is 1. The minimum atomic E-state index is -3.32. The first-order valence-electron chi connectivity index (χ1n) is 4.02. The molecule has 0 saturated carbocycles. The molecule has 0 aromatic rings. The van der Waals surface area contributed by atoms with Gasteiger partial charge in [-0.1, -0.05) is 0 Å². The first-order chi connectivity index (χ1) is 5.93. The van der Waals surface area contributed by atoms with Gasteiger partial charge in [0.25, 0.3) is 0 Å². The van der Waals surface area contributed by atoms with Crippen LogP contribution in [0.5, 0.6) is 0 Å². The Labute approximate surface area is 77.9 Å². The average molecular weight is 205 g/mol. The van der Waals surface area contributed by atoms with E-state index in [2.05, 4.69) is 0 Å². The van der Waals surface area contributed by atoms with E-state index in [4.69, 9.17) is 5.73 Å². The van der Waals surface area contributed by atoms with E-state index in [1.54, 1.807) is 6.42 Å². The van der Waals surface area contributed by atoms with E-state index < -0.39 is 22.0 Å². The van der Waals surface area contributed by atoms with Crippen molar-refractivity contribution in [2.45, 2.75) is 18.9 Å². The standard InChI is InChI=1S/C7H13N2O3S/c1-13(11,12)9-5-3-2-4-6(9)7(8)10/h4,6H,2-3,5H2,1H3,(H2,8,10)/t6-/m1/s1. The van der Waals surface area contributed by atoms with Crippen LogP contribution in [0, 0.1) is 6.42 Å². The van der Waals surface area contributed by atoms with Gasteiger partial charge in [0.1, 0.15) is 6.04 Å². The second-order valence-corrected chi connectivity index (χ2v) is 5.03. The van der Waals surface area contributed by atoms with Gasteiger partial charge in [-0.3, -0.25) is 4.79 Å². The maximum Gasteiger partial charge on any atom is 0.236 e. The SMILES string of the molecule is CS(=O)(=O)N1CCC[CH][C@@H]1C(N)=O. The van der Waals surface area contributed by atoms with Crippen LogP contribution in [0.2, 0.25) is 0 Å². The summed E-state index contributed by atoms with van der Waals surface area (Å²) in [5, 5.41) is 0. The van der Waals surface area contributed by atoms with Gasteiger partial charge < -0.3 is 5.73 Å². The summed E-state index contributed by atoms with van der Waals surface area (Å²) in [7, 11) is -3.32. The second kappa shape index (κ2) is 3.63. The number of carbonyl (C=O) groups is 1. The molecule has 6 heteroatoms. The van der Waals surface area contributed by atoms with Crippen LogP contribution in [0.25, 0.3) is 0 Å². The molecule has 1 radical (unpaired) electrons. The van der Waals surface area contributed by atoms with Crippen molar-refractivity contribution in [2.75, 3.05) is 12.8 Å². The lowest BCUT2D eigenvalue weighted by atomic mass is 10.0. The summed E-state index contributed by atoms with van der Waals surface area (Å²) in [4.78, 5) is 10.9. The number of carbonyl (C=O) groups excluding carboxylic acids is 1. The van der Waals surface area contributed by atoms with Gasteiger partial charge >= 0.3 is 0 Å². The van der Waals surface area contributed by atoms with Gasteiger partial charge in [-0.05, 0) is 19.3 Å². The van der Waals surface area contributed by atoms with E-state index in [9.17, 15) is 13.2 Å². The molecule has 0 unspecified atom stereocenters. The van der Waals surface area contributed by atoms with Crippen molar-refractivity contribution < 1.29 is 13.2 Å². The third kappa shape index (κ3) is 2.41. The Morgan fingerprint density at radius 2 is 2.23 bits per heavy atom. The third-order valence-electron chi connectivity index (χ3n) is 2.00. The molecule has 13 heavy (non-hydrogen) atoms. The summed E-state index contributed by atoms with van der Waals surface area (Å²) in [6, 6.07) is -0.760. The Morgan fingerprint density at radius 1 is 1.62 bits per heavy atom. The summed E-state index contributed by atoms with van der Waals surface area (Å²) in [5.41, 5.74) is 5.08. The van der Waals surface area contributed by atoms with E-state index in [1.807, 2.05) is 0 Å². The van der Waals surface area contributed by atoms with Gasteiger partial charge in [-0.25, -0.2) is 8.42 Å². The van der Waals surface area contributed by atoms with Gasteiger partial charge in [-0.2, -0.15) is 4.31 Å². The van der Waals surface area contributed by atoms with Crippen LogP contribution in [0.4, 0.5) is 0 Å². The smallest absolute Gasteiger partial charge is 0.236 e. The van der Waals surface area contributed by atoms with Crippen molar-refractivity contribution in [1.82, 2.24) is 4.31 Å². The van der Waals surface area contributed by atoms with Crippen LogP contribution in [0.3, 0.4) is 0 Å². The Bertz CT molecular complexity index is 299. The van der Waals surface area contributed by atoms with Crippen LogP contribution in [-0.2, 0) is 14.8 Å². The monoisotopic (exact) mass is 205 g/mol. The Hall–Kier alpha value is -0.620. The first-order valence-corrected chi connectivity index (χ1v) is 5.87. The minimum Gasteiger partial charge on any atom is -0.368 e. The van der Waals surface area contributed by atoms with Crippen molar-refractivity contribution in [3.05, 3.63) is 6.42 Å². The molecule has 75 valence electrons. The topological polar surface area (TPSA) is 80.5 Å². The fraction of sp³-hybridized carbons (Fsp3) is 0.714. The molecule has 1 rings (SSSR count). The number of rotatable bonds is 2. The average Bonchev–Trinajstić information content (AvgIpc) is 2.03. The van der Waals surface area contributed by atoms with Gasteiger partial charge in [0.2, 0.25) is 15.9 Å². The highest BCUT2D eigenvalue weighted by atomic mass is 32.2. The normalized spacial score (nSPS) is 25.8. The highest BCUT2D eigenvalue weighted by Crippen LogP contribution is 2.18. The molecule has 1 aliphatic heterocycles. The van der Waals surface area contributed by atoms with E-state index in [1.165, 1.54) is 0 Å². The van der Waals surface area contributed by atoms with Crippen molar-refractivity contribution in [2.24, 2.45) is 5.73 Å². The van der Waals surface area contributed by atoms with E-state index >= 15 is 0 Å². The number of nitrogens with zero attached hydrogens (tertiary/aromatic N) is 1. The van der Waals surface area contributed by atoms with Gasteiger partial charge in [0.05, 0.1) is 6.26 Å². The van der Waals surface area contributed by atoms with Crippen molar-refractivity contribution in [1.29, 1.82) is 0 Å². The molecule has 1 atom stereocenters. The number of amides is 1. The number of sulfonamides is 1. The quantitative estimate of drug-likeness (QED) is 0.634. The highest BCUT2D eigenvalue weighted by Gasteiger charge is 2.32. The summed E-state index contributed by atoms with van der Waals surface area (Å²) in [5.74, 6) is -0.606. The molecule has 0 aromatic carbocycles. The van der Waals surface area contributed by atoms with Gasteiger partial charge in [0.15, 0.2) is 0 Å². The Kier molecular flexibility index (Phi) is 2.92. The molecular formula is C7H13N2O3S. The molecule has 0 aromatic heterocycles. The van der Waals surface area contributed by atoms with Crippen molar-refractivity contribution in [3.63, 3.8) is 0 Å². The van der Waals surface area contributed by atoms with E-state index in [-0.39, 0.29) is 0 Å². The molecule has 1 heterocycles. The summed E-state index contributed by atoms with van der Waals surface area (Å²) >= 11 is 0. The molecule has 2 N–H and O–H groups in total. The zero-order valence-electron chi connectivity index (χ0n) is 7.43.